The number of aliphatic carboxylic acids is 1. The zero-order valence-corrected chi connectivity index (χ0v) is 32.2. The molecule has 3 aromatic rings. The molecule has 2 aromatic heterocycles. The predicted molar refractivity (Wildman–Crippen MR) is 198 cm³/mol. The van der Waals surface area contributed by atoms with Crippen LogP contribution >= 0.6 is 0 Å². The minimum Gasteiger partial charge on any atom is -0.547 e. The molecule has 0 saturated carbocycles. The fraction of sp³-hybridized carbons (Fsp3) is 0.684. The maximum absolute atomic E-state index is 13.2. The number of ether oxygens (including phenoxy) is 2. The lowest BCUT2D eigenvalue weighted by atomic mass is 10.0. The average Bonchev–Trinajstić information content (AvgIpc) is 3.47. The second-order valence-corrected chi connectivity index (χ2v) is 13.2. The minimum absolute atomic E-state index is 0.114. The van der Waals surface area contributed by atoms with E-state index in [0.717, 1.165) is 37.1 Å². The van der Waals surface area contributed by atoms with Gasteiger partial charge >= 0.3 is 0 Å². The molecule has 15 nitrogen and oxygen atoms in total. The van der Waals surface area contributed by atoms with Gasteiger partial charge < -0.3 is 50.2 Å². The van der Waals surface area contributed by atoms with Gasteiger partial charge in [-0.25, -0.2) is 4.98 Å². The first-order chi connectivity index (χ1) is 25.4. The Labute approximate surface area is 312 Å². The summed E-state index contributed by atoms with van der Waals surface area (Å²) in [6.45, 7) is 9.42. The van der Waals surface area contributed by atoms with Crippen molar-refractivity contribution in [1.82, 2.24) is 19.3 Å². The predicted octanol–water partition coefficient (Wildman–Crippen LogP) is -0.232. The highest BCUT2D eigenvalue weighted by atomic mass is 16.5. The number of aryl methyl sites for hydroxylation is 3. The summed E-state index contributed by atoms with van der Waals surface area (Å²) in [5, 5.41) is 64.1. The van der Waals surface area contributed by atoms with Crippen LogP contribution in [-0.4, -0.2) is 114 Å². The number of nitrogens with zero attached hydrogens (tertiary/aromatic N) is 4. The molecule has 0 amide bonds. The number of unbranched alkanes of at least 4 members (excludes halogenated alkanes) is 5. The van der Waals surface area contributed by atoms with Crippen LogP contribution < -0.4 is 20.7 Å². The van der Waals surface area contributed by atoms with Crippen LogP contribution in [0.5, 0.6) is 5.75 Å². The number of rotatable bonds is 25. The molecule has 53 heavy (non-hydrogen) atoms. The maximum atomic E-state index is 13.2. The molecule has 0 spiro atoms. The zero-order valence-electron chi connectivity index (χ0n) is 32.2. The van der Waals surface area contributed by atoms with E-state index in [0.29, 0.717) is 48.8 Å². The fourth-order valence-corrected chi connectivity index (χ4v) is 5.93. The Hall–Kier alpha value is -3.44. The van der Waals surface area contributed by atoms with Crippen LogP contribution in [0.15, 0.2) is 29.1 Å². The monoisotopic (exact) mass is 749 g/mol. The molecular weight excluding hydrogens is 686 g/mol. The van der Waals surface area contributed by atoms with Gasteiger partial charge in [-0.2, -0.15) is 5.10 Å². The van der Waals surface area contributed by atoms with Crippen molar-refractivity contribution in [3.05, 3.63) is 51.7 Å². The van der Waals surface area contributed by atoms with E-state index in [1.165, 1.54) is 32.1 Å². The molecule has 0 radical (unpaired) electrons. The molecule has 4 unspecified atom stereocenters. The third-order valence-corrected chi connectivity index (χ3v) is 8.95. The Morgan fingerprint density at radius 3 is 2.21 bits per heavy atom. The van der Waals surface area contributed by atoms with Crippen molar-refractivity contribution in [3.63, 3.8) is 0 Å². The first kappa shape index (κ1) is 45.7. The van der Waals surface area contributed by atoms with Crippen molar-refractivity contribution in [2.45, 2.75) is 129 Å². The van der Waals surface area contributed by atoms with Crippen molar-refractivity contribution in [3.8, 4) is 5.75 Å². The largest absolute Gasteiger partial charge is 0.547 e. The van der Waals surface area contributed by atoms with Gasteiger partial charge in [0.05, 0.1) is 31.4 Å². The van der Waals surface area contributed by atoms with Gasteiger partial charge in [0, 0.05) is 26.5 Å². The molecule has 15 heteroatoms. The second kappa shape index (κ2) is 24.8. The summed E-state index contributed by atoms with van der Waals surface area (Å²) < 4.78 is 14.3. The van der Waals surface area contributed by atoms with E-state index in [-0.39, 0.29) is 18.5 Å². The number of hydrogen-bond acceptors (Lipinski definition) is 12. The molecule has 3 rings (SSSR count). The van der Waals surface area contributed by atoms with Gasteiger partial charge in [-0.1, -0.05) is 65.0 Å². The van der Waals surface area contributed by atoms with Crippen LogP contribution in [0, 0.1) is 0 Å². The molecule has 1 aromatic carbocycles. The Morgan fingerprint density at radius 1 is 0.943 bits per heavy atom. The number of carbonyl (C=O) groups is 1. The number of aliphatic hydroxyl groups excluding tert-OH is 5. The highest BCUT2D eigenvalue weighted by Gasteiger charge is 2.30. The first-order valence-corrected chi connectivity index (χ1v) is 19.1. The molecule has 0 aliphatic carbocycles. The summed E-state index contributed by atoms with van der Waals surface area (Å²) in [5.74, 6) is 0.113. The number of carbonyl (C=O) groups excluding carboxylic acids is 1. The number of carboxylic acids is 1. The van der Waals surface area contributed by atoms with Crippen LogP contribution in [0.2, 0.25) is 0 Å². The summed E-state index contributed by atoms with van der Waals surface area (Å²) in [6, 6.07) is 7.15. The van der Waals surface area contributed by atoms with Crippen molar-refractivity contribution in [1.29, 1.82) is 0 Å². The Kier molecular flexibility index (Phi) is 21.4. The molecule has 2 heterocycles. The topological polar surface area (TPSA) is 229 Å². The van der Waals surface area contributed by atoms with E-state index in [1.807, 2.05) is 12.2 Å². The molecule has 0 saturated heterocycles. The summed E-state index contributed by atoms with van der Waals surface area (Å²) in [6.07, 6.45) is 3.30. The highest BCUT2D eigenvalue weighted by molar-refractivity contribution is 5.76. The van der Waals surface area contributed by atoms with Gasteiger partial charge in [0.1, 0.15) is 60.8 Å². The molecule has 5 atom stereocenters. The first-order valence-electron chi connectivity index (χ1n) is 19.1. The standard InChI is InChI=1S/C24H32N4O5.C14H31NO5/c1-5-8-18-21-22(27(4)26-18)23(29)28(20(6-2)25-21)13-14-33-17-11-9-16(10-12-17)15-19(24(30)31)32-7-3;1-2-3-4-5-6-7-8-15-9-11(17)13(19)14(20)12(18)10-16/h9-12,19H,5-8,13-15H2,1-4H3,(H,30,31);11-20H,2-10H2,1H3/t19-;/m0./s1. The number of aromatic nitrogens is 4. The maximum Gasteiger partial charge on any atom is 0.279 e. The molecule has 0 bridgehead atoms. The normalized spacial score (nSPS) is 14.3. The van der Waals surface area contributed by atoms with Gasteiger partial charge in [0.15, 0.2) is 5.52 Å². The molecule has 0 fully saturated rings. The van der Waals surface area contributed by atoms with Crippen LogP contribution in [0.1, 0.15) is 89.7 Å². The van der Waals surface area contributed by atoms with E-state index < -0.39 is 43.1 Å². The van der Waals surface area contributed by atoms with E-state index in [9.17, 15) is 35.1 Å². The van der Waals surface area contributed by atoms with Crippen LogP contribution in [-0.2, 0) is 42.4 Å². The van der Waals surface area contributed by atoms with E-state index >= 15 is 0 Å². The lowest BCUT2D eigenvalue weighted by molar-refractivity contribution is -0.662. The second-order valence-electron chi connectivity index (χ2n) is 13.2. The Bertz CT molecular complexity index is 1530. The van der Waals surface area contributed by atoms with E-state index in [1.54, 1.807) is 47.5 Å². The number of fused-ring (bicyclic) bond motifs is 1. The number of carboxylic acid groups (broad SMARTS) is 1. The third-order valence-electron chi connectivity index (χ3n) is 8.95. The van der Waals surface area contributed by atoms with Crippen LogP contribution in [0.4, 0.5) is 0 Å². The summed E-state index contributed by atoms with van der Waals surface area (Å²) in [5.41, 5.74) is 2.75. The average molecular weight is 750 g/mol. The summed E-state index contributed by atoms with van der Waals surface area (Å²) in [4.78, 5) is 29.1. The van der Waals surface area contributed by atoms with Crippen LogP contribution in [0.3, 0.4) is 0 Å². The van der Waals surface area contributed by atoms with Crippen molar-refractivity contribution < 1.29 is 50.2 Å². The molecule has 7 N–H and O–H groups in total. The van der Waals surface area contributed by atoms with Crippen molar-refractivity contribution >= 4 is 17.0 Å². The lowest BCUT2D eigenvalue weighted by Crippen LogP contribution is -2.87. The quantitative estimate of drug-likeness (QED) is 0.0618. The van der Waals surface area contributed by atoms with E-state index in [4.69, 9.17) is 19.6 Å². The summed E-state index contributed by atoms with van der Waals surface area (Å²) in [7, 11) is 1.77. The van der Waals surface area contributed by atoms with E-state index in [2.05, 4.69) is 18.9 Å². The smallest absolute Gasteiger partial charge is 0.279 e. The number of nitrogens with two attached hydrogens (primary N) is 1. The Morgan fingerprint density at radius 2 is 1.60 bits per heavy atom. The van der Waals surface area contributed by atoms with Crippen molar-refractivity contribution in [2.75, 3.05) is 32.9 Å². The molecular formula is C38H63N5O10. The number of benzene rings is 1. The van der Waals surface area contributed by atoms with Gasteiger partial charge in [0.2, 0.25) is 0 Å². The highest BCUT2D eigenvalue weighted by Crippen LogP contribution is 2.17. The number of quaternary nitrogens is 1. The lowest BCUT2D eigenvalue weighted by Gasteiger charge is -2.24. The third kappa shape index (κ3) is 14.7. The molecule has 0 aliphatic heterocycles. The van der Waals surface area contributed by atoms with Crippen molar-refractivity contribution in [2.24, 2.45) is 7.05 Å². The van der Waals surface area contributed by atoms with Crippen LogP contribution in [0.25, 0.3) is 11.0 Å². The fourth-order valence-electron chi connectivity index (χ4n) is 5.93. The van der Waals surface area contributed by atoms with Gasteiger partial charge in [0.25, 0.3) is 5.56 Å². The van der Waals surface area contributed by atoms with Gasteiger partial charge in [-0.3, -0.25) is 14.0 Å². The molecule has 0 aliphatic rings. The molecule has 300 valence electrons. The van der Waals surface area contributed by atoms with Gasteiger partial charge in [-0.05, 0) is 43.9 Å². The van der Waals surface area contributed by atoms with Gasteiger partial charge in [-0.15, -0.1) is 0 Å². The minimum atomic E-state index is -1.53. The number of hydrogen-bond donors (Lipinski definition) is 6. The summed E-state index contributed by atoms with van der Waals surface area (Å²) >= 11 is 0. The zero-order chi connectivity index (χ0) is 39.3. The number of aliphatic hydroxyl groups is 5. The Balaban J connectivity index is 0.000000419. The SMILES string of the molecule is CCCCCCCC[NH2+]CC(O)C(O)C(O)C(O)CO.CCCc1nn(C)c2c(=O)n(CCOc3ccc(C[C@H](OCC)C(=O)[O-])cc3)c(CC)nc12.